The second-order valence-corrected chi connectivity index (χ2v) is 10.7. The lowest BCUT2D eigenvalue weighted by Crippen LogP contribution is -2.44. The number of hydrogen-bond donors (Lipinski definition) is 0. The first-order chi connectivity index (χ1) is 20.2. The van der Waals surface area contributed by atoms with E-state index in [-0.39, 0.29) is 0 Å². The molecule has 0 saturated heterocycles. The van der Waals surface area contributed by atoms with Crippen molar-refractivity contribution < 1.29 is 9.31 Å². The smallest absolute Gasteiger partial charge is 0.521 e. The minimum absolute atomic E-state index is 0.540. The van der Waals surface area contributed by atoms with Gasteiger partial charge in [-0.2, -0.15) is 0 Å². The molecule has 1 aliphatic rings. The van der Waals surface area contributed by atoms with Crippen molar-refractivity contribution in [2.45, 2.75) is 26.2 Å². The summed E-state index contributed by atoms with van der Waals surface area (Å²) in [5.41, 5.74) is 6.25. The van der Waals surface area contributed by atoms with E-state index in [0.29, 0.717) is 5.92 Å². The average molecular weight is 531 g/mol. The summed E-state index contributed by atoms with van der Waals surface area (Å²) >= 11 is 0. The molecule has 6 aromatic carbocycles. The van der Waals surface area contributed by atoms with Crippen LogP contribution in [0.5, 0.6) is 11.5 Å². The number of benzene rings is 6. The predicted octanol–water partition coefficient (Wildman–Crippen LogP) is 9.09. The molecule has 0 amide bonds. The first kappa shape index (κ1) is 25.2. The summed E-state index contributed by atoms with van der Waals surface area (Å²) in [7, 11) is -0.646. The molecular weight excluding hydrogens is 501 g/mol. The highest BCUT2D eigenvalue weighted by molar-refractivity contribution is 6.64. The van der Waals surface area contributed by atoms with Gasteiger partial charge in [0.25, 0.3) is 0 Å². The Bertz CT molecular complexity index is 1820. The Hall–Kier alpha value is -4.83. The van der Waals surface area contributed by atoms with E-state index in [4.69, 9.17) is 14.3 Å². The van der Waals surface area contributed by atoms with Crippen LogP contribution in [0.3, 0.4) is 0 Å². The molecule has 0 bridgehead atoms. The molecule has 4 heteroatoms. The fraction of sp³-hybridized carbons (Fsp3) is 0.108. The lowest BCUT2D eigenvalue weighted by molar-refractivity contribution is 0.448. The van der Waals surface area contributed by atoms with E-state index in [1.54, 1.807) is 0 Å². The number of nitrogens with zero attached hydrogens (tertiary/aromatic N) is 1. The van der Waals surface area contributed by atoms with E-state index >= 15 is 0 Å². The van der Waals surface area contributed by atoms with Gasteiger partial charge in [0.2, 0.25) is 0 Å². The molecule has 3 nitrogen and oxygen atoms in total. The first-order valence-electron chi connectivity index (χ1n) is 14.3. The normalized spacial score (nSPS) is 13.4. The number of fused-ring (bicyclic) bond motifs is 7. The monoisotopic (exact) mass is 531 g/mol. The first-order valence-corrected chi connectivity index (χ1v) is 14.3. The number of hydrogen-bond acceptors (Lipinski definition) is 3. The quantitative estimate of drug-likeness (QED) is 0.164. The van der Waals surface area contributed by atoms with Gasteiger partial charge in [0.15, 0.2) is 0 Å². The lowest BCUT2D eigenvalue weighted by Gasteiger charge is -2.16. The van der Waals surface area contributed by atoms with Gasteiger partial charge in [0.1, 0.15) is 11.5 Å². The Morgan fingerprint density at radius 2 is 1.22 bits per heavy atom. The molecule has 0 spiro atoms. The maximum atomic E-state index is 6.75. The van der Waals surface area contributed by atoms with Gasteiger partial charge >= 0.3 is 7.12 Å². The topological polar surface area (TPSA) is 30.8 Å². The molecule has 0 aromatic heterocycles. The molecule has 1 heterocycles. The van der Waals surface area contributed by atoms with Gasteiger partial charge in [-0.3, -0.25) is 4.99 Å². The second-order valence-electron chi connectivity index (χ2n) is 10.7. The summed E-state index contributed by atoms with van der Waals surface area (Å²) in [6.07, 6.45) is 3.03. The number of rotatable bonds is 5. The van der Waals surface area contributed by atoms with Crippen molar-refractivity contribution in [3.05, 3.63) is 132 Å². The van der Waals surface area contributed by atoms with Crippen LogP contribution in [0.1, 0.15) is 37.3 Å². The van der Waals surface area contributed by atoms with Crippen molar-refractivity contribution >= 4 is 46.0 Å². The molecule has 0 unspecified atom stereocenters. The summed E-state index contributed by atoms with van der Waals surface area (Å²) in [5.74, 6) is 2.14. The summed E-state index contributed by atoms with van der Waals surface area (Å²) in [5, 5.41) is 4.61. The summed E-state index contributed by atoms with van der Waals surface area (Å²) in [4.78, 5) is 4.82. The van der Waals surface area contributed by atoms with E-state index in [1.165, 1.54) is 16.3 Å². The molecule has 41 heavy (non-hydrogen) atoms. The van der Waals surface area contributed by atoms with Crippen molar-refractivity contribution in [3.63, 3.8) is 0 Å². The molecule has 0 N–H and O–H groups in total. The minimum Gasteiger partial charge on any atom is -0.521 e. The van der Waals surface area contributed by atoms with Crippen LogP contribution < -0.4 is 14.8 Å². The molecule has 198 valence electrons. The van der Waals surface area contributed by atoms with Crippen LogP contribution in [0.25, 0.3) is 32.7 Å². The van der Waals surface area contributed by atoms with Crippen molar-refractivity contribution in [3.8, 4) is 22.6 Å². The summed E-state index contributed by atoms with van der Waals surface area (Å²) < 4.78 is 13.5. The van der Waals surface area contributed by atoms with Gasteiger partial charge in [0.05, 0.1) is 5.69 Å². The van der Waals surface area contributed by atoms with Crippen LogP contribution in [-0.4, -0.2) is 13.3 Å². The van der Waals surface area contributed by atoms with Crippen LogP contribution in [0.15, 0.2) is 126 Å². The third-order valence-corrected chi connectivity index (χ3v) is 8.18. The van der Waals surface area contributed by atoms with Gasteiger partial charge in [-0.15, -0.1) is 0 Å². The molecule has 0 aliphatic carbocycles. The van der Waals surface area contributed by atoms with E-state index < -0.39 is 7.12 Å². The maximum Gasteiger partial charge on any atom is 0.633 e. The van der Waals surface area contributed by atoms with E-state index in [1.807, 2.05) is 18.3 Å². The molecule has 1 aliphatic heterocycles. The third-order valence-electron chi connectivity index (χ3n) is 8.18. The van der Waals surface area contributed by atoms with Crippen molar-refractivity contribution in [2.24, 2.45) is 4.99 Å². The van der Waals surface area contributed by atoms with Crippen LogP contribution >= 0.6 is 0 Å². The molecule has 6 aromatic rings. The minimum atomic E-state index is -0.646. The molecule has 0 radical (unpaired) electrons. The largest absolute Gasteiger partial charge is 0.633 e. The Balaban J connectivity index is 1.34. The Kier molecular flexibility index (Phi) is 6.52. The van der Waals surface area contributed by atoms with E-state index in [2.05, 4.69) is 123 Å². The number of aliphatic imine (C=N–C) groups is 1. The highest BCUT2D eigenvalue weighted by Gasteiger charge is 2.34. The zero-order valence-corrected chi connectivity index (χ0v) is 23.2. The summed E-state index contributed by atoms with van der Waals surface area (Å²) in [6, 6.07) is 42.0. The van der Waals surface area contributed by atoms with Crippen molar-refractivity contribution in [2.75, 3.05) is 0 Å². The van der Waals surface area contributed by atoms with E-state index in [9.17, 15) is 0 Å². The van der Waals surface area contributed by atoms with Crippen molar-refractivity contribution in [1.82, 2.24) is 0 Å². The zero-order valence-electron chi connectivity index (χ0n) is 23.2. The van der Waals surface area contributed by atoms with Crippen LogP contribution in [0.4, 0.5) is 5.69 Å². The average Bonchev–Trinajstić information content (AvgIpc) is 3.21. The fourth-order valence-electron chi connectivity index (χ4n) is 5.71. The SMILES string of the molecule is CC[C@@H](C)c1ccc(N=Cc2ccccc2B2Oc3ccc4ccccc4c3-c3c(ccc4ccccc34)O2)cc1. The van der Waals surface area contributed by atoms with Gasteiger partial charge in [-0.05, 0) is 69.3 Å². The van der Waals surface area contributed by atoms with Gasteiger partial charge in [-0.25, -0.2) is 0 Å². The Morgan fingerprint density at radius 3 is 1.83 bits per heavy atom. The lowest BCUT2D eigenvalue weighted by atomic mass is 9.75. The van der Waals surface area contributed by atoms with Crippen molar-refractivity contribution in [1.29, 1.82) is 0 Å². The third kappa shape index (κ3) is 4.66. The van der Waals surface area contributed by atoms with Crippen LogP contribution in [0.2, 0.25) is 0 Å². The molecule has 7 rings (SSSR count). The van der Waals surface area contributed by atoms with Gasteiger partial charge in [0, 0.05) is 22.8 Å². The Labute approximate surface area is 241 Å². The molecule has 1 atom stereocenters. The molecular formula is C37H30BNO2. The highest BCUT2D eigenvalue weighted by Crippen LogP contribution is 2.47. The van der Waals surface area contributed by atoms with E-state index in [0.717, 1.165) is 56.5 Å². The zero-order chi connectivity index (χ0) is 27.8. The molecule has 0 saturated carbocycles. The van der Waals surface area contributed by atoms with Crippen LogP contribution in [-0.2, 0) is 0 Å². The maximum absolute atomic E-state index is 6.75. The van der Waals surface area contributed by atoms with Crippen LogP contribution in [0, 0.1) is 0 Å². The standard InChI is InChI=1S/C37H30BNO2/c1-3-25(2)26-16-20-30(21-17-26)39-24-29-12-6-9-15-33(29)38-40-34-22-18-27-10-4-7-13-31(27)36(34)37-32-14-8-5-11-28(32)19-23-35(37)41-38/h4-25H,3H2,1-2H3/t25-/m1/s1. The molecule has 0 fully saturated rings. The second kappa shape index (κ2) is 10.6. The predicted molar refractivity (Wildman–Crippen MR) is 172 cm³/mol. The van der Waals surface area contributed by atoms with Gasteiger partial charge in [-0.1, -0.05) is 111 Å². The highest BCUT2D eigenvalue weighted by atomic mass is 16.6. The Morgan fingerprint density at radius 1 is 0.659 bits per heavy atom. The fourth-order valence-corrected chi connectivity index (χ4v) is 5.71. The summed E-state index contributed by atoms with van der Waals surface area (Å²) in [6.45, 7) is 4.47. The van der Waals surface area contributed by atoms with Gasteiger partial charge < -0.3 is 9.31 Å².